The largest absolute Gasteiger partial charge is 0.339 e. The van der Waals surface area contributed by atoms with Crippen molar-refractivity contribution >= 4 is 23.6 Å². The molecule has 0 unspecified atom stereocenters. The first-order valence-corrected chi connectivity index (χ1v) is 5.84. The zero-order valence-electron chi connectivity index (χ0n) is 10.4. The van der Waals surface area contributed by atoms with E-state index >= 15 is 0 Å². The van der Waals surface area contributed by atoms with E-state index in [1.54, 1.807) is 6.20 Å². The summed E-state index contributed by atoms with van der Waals surface area (Å²) in [6, 6.07) is 0. The Balaban J connectivity index is 2.06. The smallest absolute Gasteiger partial charge is 0.278 e. The van der Waals surface area contributed by atoms with Crippen LogP contribution in [-0.4, -0.2) is 31.8 Å². The predicted molar refractivity (Wildman–Crippen MR) is 68.7 cm³/mol. The first kappa shape index (κ1) is 12.8. The molecule has 2 aromatic heterocycles. The van der Waals surface area contributed by atoms with Crippen LogP contribution < -0.4 is 10.6 Å². The quantitative estimate of drug-likeness (QED) is 0.646. The Hall–Kier alpha value is -2.64. The second-order valence-electron chi connectivity index (χ2n) is 3.82. The predicted octanol–water partition coefficient (Wildman–Crippen LogP) is 1.12. The Kier molecular flexibility index (Phi) is 3.91. The zero-order chi connectivity index (χ0) is 13.7. The van der Waals surface area contributed by atoms with E-state index in [-0.39, 0.29) is 17.4 Å². The summed E-state index contributed by atoms with van der Waals surface area (Å²) in [7, 11) is 0. The van der Waals surface area contributed by atoms with Crippen molar-refractivity contribution in [2.75, 3.05) is 10.6 Å². The maximum atomic E-state index is 11.9. The highest BCUT2D eigenvalue weighted by Crippen LogP contribution is 2.11. The maximum absolute atomic E-state index is 11.9. The summed E-state index contributed by atoms with van der Waals surface area (Å²) in [5.41, 5.74) is 0.181. The minimum absolute atomic E-state index is 0.179. The fourth-order valence-electron chi connectivity index (χ4n) is 1.49. The Morgan fingerprint density at radius 3 is 2.79 bits per heavy atom. The lowest BCUT2D eigenvalue weighted by atomic mass is 10.3. The summed E-state index contributed by atoms with van der Waals surface area (Å²) in [5, 5.41) is 5.12. The average Bonchev–Trinajstić information content (AvgIpc) is 3.00. The molecule has 0 aliphatic carbocycles. The van der Waals surface area contributed by atoms with Crippen LogP contribution in [0.15, 0.2) is 18.7 Å². The van der Waals surface area contributed by atoms with E-state index in [4.69, 9.17) is 0 Å². The SMILES string of the molecule is CCCC(=O)Nc1nc[nH]c1C(=O)Nc1ncc[nH]1. The van der Waals surface area contributed by atoms with Crippen molar-refractivity contribution in [3.8, 4) is 0 Å². The van der Waals surface area contributed by atoms with E-state index in [9.17, 15) is 9.59 Å². The van der Waals surface area contributed by atoms with E-state index < -0.39 is 5.91 Å². The standard InChI is InChI=1S/C11H14N6O2/c1-2-3-7(18)16-9-8(14-6-15-9)10(19)17-11-12-4-5-13-11/h4-6H,2-3H2,1H3,(H,14,15)(H,16,18)(H2,12,13,17,19). The van der Waals surface area contributed by atoms with Crippen LogP contribution in [0.4, 0.5) is 11.8 Å². The number of anilines is 2. The van der Waals surface area contributed by atoms with Crippen molar-refractivity contribution in [2.24, 2.45) is 0 Å². The third kappa shape index (κ3) is 3.18. The minimum Gasteiger partial charge on any atom is -0.339 e. The molecular weight excluding hydrogens is 248 g/mol. The van der Waals surface area contributed by atoms with Crippen molar-refractivity contribution in [3.05, 3.63) is 24.4 Å². The Labute approximate surface area is 109 Å². The van der Waals surface area contributed by atoms with Gasteiger partial charge in [-0.1, -0.05) is 6.92 Å². The van der Waals surface area contributed by atoms with Gasteiger partial charge in [-0.15, -0.1) is 0 Å². The number of imidazole rings is 2. The van der Waals surface area contributed by atoms with Crippen LogP contribution >= 0.6 is 0 Å². The van der Waals surface area contributed by atoms with Crippen LogP contribution in [0.2, 0.25) is 0 Å². The molecule has 19 heavy (non-hydrogen) atoms. The normalized spacial score (nSPS) is 10.2. The van der Waals surface area contributed by atoms with Gasteiger partial charge in [0.05, 0.1) is 6.33 Å². The first-order chi connectivity index (χ1) is 9.20. The van der Waals surface area contributed by atoms with E-state index in [0.29, 0.717) is 12.4 Å². The second kappa shape index (κ2) is 5.80. The minimum atomic E-state index is -0.431. The lowest BCUT2D eigenvalue weighted by Gasteiger charge is -2.04. The number of hydrogen-bond acceptors (Lipinski definition) is 4. The number of hydrogen-bond donors (Lipinski definition) is 4. The van der Waals surface area contributed by atoms with E-state index in [1.807, 2.05) is 6.92 Å². The molecule has 2 amide bonds. The molecule has 2 heterocycles. The summed E-state index contributed by atoms with van der Waals surface area (Å²) >= 11 is 0. The van der Waals surface area contributed by atoms with Crippen molar-refractivity contribution in [1.29, 1.82) is 0 Å². The number of rotatable bonds is 5. The third-order valence-electron chi connectivity index (χ3n) is 2.33. The van der Waals surface area contributed by atoms with E-state index in [0.717, 1.165) is 6.42 Å². The molecule has 0 aliphatic rings. The number of nitrogens with one attached hydrogen (secondary N) is 4. The van der Waals surface area contributed by atoms with Crippen molar-refractivity contribution in [1.82, 2.24) is 19.9 Å². The van der Waals surface area contributed by atoms with Crippen LogP contribution in [0.3, 0.4) is 0 Å². The van der Waals surface area contributed by atoms with Gasteiger partial charge in [-0.3, -0.25) is 14.9 Å². The fraction of sp³-hybridized carbons (Fsp3) is 0.273. The molecule has 2 rings (SSSR count). The highest BCUT2D eigenvalue weighted by atomic mass is 16.2. The van der Waals surface area contributed by atoms with Gasteiger partial charge in [-0.05, 0) is 6.42 Å². The monoisotopic (exact) mass is 262 g/mol. The molecule has 0 saturated carbocycles. The number of nitrogens with zero attached hydrogens (tertiary/aromatic N) is 2. The molecule has 0 atom stereocenters. The molecule has 0 saturated heterocycles. The molecule has 100 valence electrons. The summed E-state index contributed by atoms with van der Waals surface area (Å²) in [6.45, 7) is 1.90. The molecule has 8 heteroatoms. The topological polar surface area (TPSA) is 116 Å². The van der Waals surface area contributed by atoms with E-state index in [2.05, 4.69) is 30.6 Å². The molecule has 0 bridgehead atoms. The third-order valence-corrected chi connectivity index (χ3v) is 2.33. The van der Waals surface area contributed by atoms with Crippen molar-refractivity contribution < 1.29 is 9.59 Å². The molecule has 0 aromatic carbocycles. The van der Waals surface area contributed by atoms with Gasteiger partial charge in [0.15, 0.2) is 5.82 Å². The lowest BCUT2D eigenvalue weighted by molar-refractivity contribution is -0.116. The van der Waals surface area contributed by atoms with Gasteiger partial charge in [0, 0.05) is 18.8 Å². The summed E-state index contributed by atoms with van der Waals surface area (Å²) < 4.78 is 0. The van der Waals surface area contributed by atoms with Crippen LogP contribution in [0.1, 0.15) is 30.3 Å². The number of H-pyrrole nitrogens is 2. The lowest BCUT2D eigenvalue weighted by Crippen LogP contribution is -2.18. The molecule has 0 fully saturated rings. The number of carbonyl (C=O) groups is 2. The van der Waals surface area contributed by atoms with Crippen LogP contribution in [-0.2, 0) is 4.79 Å². The Bertz CT molecular complexity index is 560. The number of aromatic nitrogens is 4. The van der Waals surface area contributed by atoms with Gasteiger partial charge in [0.2, 0.25) is 11.9 Å². The molecule has 4 N–H and O–H groups in total. The van der Waals surface area contributed by atoms with Gasteiger partial charge in [-0.25, -0.2) is 9.97 Å². The van der Waals surface area contributed by atoms with Gasteiger partial charge in [-0.2, -0.15) is 0 Å². The number of carbonyl (C=O) groups excluding carboxylic acids is 2. The highest BCUT2D eigenvalue weighted by molar-refractivity contribution is 6.07. The molecule has 0 radical (unpaired) electrons. The van der Waals surface area contributed by atoms with Gasteiger partial charge in [0.25, 0.3) is 5.91 Å². The van der Waals surface area contributed by atoms with Crippen LogP contribution in [0.25, 0.3) is 0 Å². The number of amides is 2. The van der Waals surface area contributed by atoms with E-state index in [1.165, 1.54) is 12.5 Å². The zero-order valence-corrected chi connectivity index (χ0v) is 10.4. The van der Waals surface area contributed by atoms with Gasteiger partial charge < -0.3 is 15.3 Å². The molecule has 0 aliphatic heterocycles. The average molecular weight is 262 g/mol. The Morgan fingerprint density at radius 1 is 1.26 bits per heavy atom. The fourth-order valence-corrected chi connectivity index (χ4v) is 1.49. The highest BCUT2D eigenvalue weighted by Gasteiger charge is 2.16. The van der Waals surface area contributed by atoms with Crippen molar-refractivity contribution in [3.63, 3.8) is 0 Å². The van der Waals surface area contributed by atoms with Gasteiger partial charge >= 0.3 is 0 Å². The van der Waals surface area contributed by atoms with Gasteiger partial charge in [0.1, 0.15) is 5.69 Å². The molecule has 2 aromatic rings. The second-order valence-corrected chi connectivity index (χ2v) is 3.82. The van der Waals surface area contributed by atoms with Crippen LogP contribution in [0, 0.1) is 0 Å². The summed E-state index contributed by atoms with van der Waals surface area (Å²) in [6.07, 6.45) is 5.56. The summed E-state index contributed by atoms with van der Waals surface area (Å²) in [5.74, 6) is -0.0752. The Morgan fingerprint density at radius 2 is 2.11 bits per heavy atom. The first-order valence-electron chi connectivity index (χ1n) is 5.84. The molecule has 8 nitrogen and oxygen atoms in total. The summed E-state index contributed by atoms with van der Waals surface area (Å²) in [4.78, 5) is 36.6. The maximum Gasteiger partial charge on any atom is 0.278 e. The van der Waals surface area contributed by atoms with Crippen molar-refractivity contribution in [2.45, 2.75) is 19.8 Å². The molecular formula is C11H14N6O2. The van der Waals surface area contributed by atoms with Crippen LogP contribution in [0.5, 0.6) is 0 Å². The number of aromatic amines is 2. The molecule has 0 spiro atoms.